The van der Waals surface area contributed by atoms with Crippen molar-refractivity contribution in [1.29, 1.82) is 0 Å². The third-order valence-corrected chi connectivity index (χ3v) is 11.0. The quantitative estimate of drug-likeness (QED) is 0.0322. The summed E-state index contributed by atoms with van der Waals surface area (Å²) in [5, 5.41) is 7.92. The summed E-state index contributed by atoms with van der Waals surface area (Å²) in [6.45, 7) is 15.9. The van der Waals surface area contributed by atoms with Gasteiger partial charge in [-0.2, -0.15) is 0 Å². The number of hydrogen-bond acceptors (Lipinski definition) is 7. The maximum atomic E-state index is 14.1. The van der Waals surface area contributed by atoms with Gasteiger partial charge in [0.25, 0.3) is 0 Å². The van der Waals surface area contributed by atoms with Crippen molar-refractivity contribution in [2.45, 2.75) is 144 Å². The first-order chi connectivity index (χ1) is 28.9. The molecule has 1 aromatic heterocycles. The first-order valence-electron chi connectivity index (χ1n) is 22.7. The number of carbonyl (C=O) groups excluding carboxylic acids is 2. The van der Waals surface area contributed by atoms with Crippen molar-refractivity contribution in [2.24, 2.45) is 9.98 Å². The molecule has 0 amide bonds. The summed E-state index contributed by atoms with van der Waals surface area (Å²) >= 11 is 1.22. The van der Waals surface area contributed by atoms with Gasteiger partial charge in [0.2, 0.25) is 11.9 Å². The van der Waals surface area contributed by atoms with Crippen molar-refractivity contribution in [2.75, 3.05) is 50.0 Å². The summed E-state index contributed by atoms with van der Waals surface area (Å²) in [4.78, 5) is 43.4. The minimum atomic E-state index is -0.628. The molecule has 2 N–H and O–H groups in total. The maximum Gasteiger partial charge on any atom is 0.342 e. The van der Waals surface area contributed by atoms with Crippen molar-refractivity contribution in [3.63, 3.8) is 0 Å². The van der Waals surface area contributed by atoms with Crippen LogP contribution in [0.4, 0.5) is 21.4 Å². The molecule has 0 saturated heterocycles. The van der Waals surface area contributed by atoms with Gasteiger partial charge in [-0.15, -0.1) is 0 Å². The number of hydrogen-bond donors (Lipinski definition) is 2. The SMILES string of the molecule is CCCCCCN(CCCCCC)/C(=N\c1sc(/N=C(\Nc2ccccc2)N(CCCCCC)CCCCCC)c(C(=O)OCC)c1C(=O)OCC)Nc1ccccc1. The Labute approximate surface area is 360 Å². The van der Waals surface area contributed by atoms with Crippen LogP contribution in [0.15, 0.2) is 70.6 Å². The predicted octanol–water partition coefficient (Wildman–Crippen LogP) is 13.2. The van der Waals surface area contributed by atoms with Crippen LogP contribution >= 0.6 is 11.3 Å². The lowest BCUT2D eigenvalue weighted by Crippen LogP contribution is -2.38. The van der Waals surface area contributed by atoms with E-state index in [9.17, 15) is 9.59 Å². The fraction of sp³-hybridized carbons (Fsp3) is 0.583. The molecule has 11 heteroatoms. The lowest BCUT2D eigenvalue weighted by Gasteiger charge is -2.27. The second kappa shape index (κ2) is 29.8. The Morgan fingerprint density at radius 1 is 0.492 bits per heavy atom. The lowest BCUT2D eigenvalue weighted by molar-refractivity contribution is 0.0481. The molecule has 0 aliphatic rings. The number of aliphatic imine (C=N–C) groups is 2. The molecule has 3 rings (SSSR count). The van der Waals surface area contributed by atoms with Gasteiger partial charge in [-0.3, -0.25) is 0 Å². The topological polar surface area (TPSA) is 108 Å². The third-order valence-electron chi connectivity index (χ3n) is 10.0. The van der Waals surface area contributed by atoms with Gasteiger partial charge in [0.05, 0.1) is 13.2 Å². The van der Waals surface area contributed by atoms with Crippen LogP contribution in [0.5, 0.6) is 0 Å². The Hall–Kier alpha value is -4.38. The zero-order chi connectivity index (χ0) is 42.5. The van der Waals surface area contributed by atoms with Gasteiger partial charge in [0.15, 0.2) is 0 Å². The molecule has 2 aromatic carbocycles. The Bertz CT molecular complexity index is 1520. The van der Waals surface area contributed by atoms with Crippen LogP contribution in [0.25, 0.3) is 0 Å². The Kier molecular flexibility index (Phi) is 24.7. The van der Waals surface area contributed by atoms with Crippen molar-refractivity contribution in [1.82, 2.24) is 9.80 Å². The molecule has 0 radical (unpaired) electrons. The van der Waals surface area contributed by atoms with E-state index in [0.29, 0.717) is 21.9 Å². The summed E-state index contributed by atoms with van der Waals surface area (Å²) in [6.07, 6.45) is 17.7. The smallest absolute Gasteiger partial charge is 0.342 e. The van der Waals surface area contributed by atoms with E-state index in [1.807, 2.05) is 60.7 Å². The number of nitrogens with zero attached hydrogens (tertiary/aromatic N) is 4. The molecule has 0 spiro atoms. The molecule has 3 aromatic rings. The van der Waals surface area contributed by atoms with E-state index in [2.05, 4.69) is 48.1 Å². The molecular weight excluding hydrogens is 757 g/mol. The molecule has 0 atom stereocenters. The van der Waals surface area contributed by atoms with Crippen molar-refractivity contribution < 1.29 is 19.1 Å². The predicted molar refractivity (Wildman–Crippen MR) is 250 cm³/mol. The second-order valence-electron chi connectivity index (χ2n) is 15.0. The van der Waals surface area contributed by atoms with E-state index in [1.165, 1.54) is 11.3 Å². The monoisotopic (exact) mass is 831 g/mol. The third kappa shape index (κ3) is 17.8. The van der Waals surface area contributed by atoms with Crippen LogP contribution in [-0.4, -0.2) is 73.1 Å². The van der Waals surface area contributed by atoms with Crippen LogP contribution in [0.3, 0.4) is 0 Å². The van der Waals surface area contributed by atoms with Gasteiger partial charge in [-0.25, -0.2) is 19.6 Å². The molecule has 59 heavy (non-hydrogen) atoms. The Morgan fingerprint density at radius 2 is 0.814 bits per heavy atom. The maximum absolute atomic E-state index is 14.1. The standard InChI is InChI=1S/C48H74N6O4S/c1-7-13-17-27-35-53(36-28-18-14-8-2)47(49-39-31-23-21-24-32-39)51-43-41(45(55)57-11-5)42(46(56)58-12-6)44(59-43)52-48(50-40-33-25-22-26-34-40)54(37-29-19-15-9-3)38-30-20-16-10-4/h21-26,31-34H,7-20,27-30,35-38H2,1-6H3,(H,49,51)(H,50,52). The molecule has 0 aliphatic heterocycles. The summed E-state index contributed by atoms with van der Waals surface area (Å²) in [6, 6.07) is 20.0. The van der Waals surface area contributed by atoms with E-state index in [-0.39, 0.29) is 24.3 Å². The fourth-order valence-electron chi connectivity index (χ4n) is 6.76. The van der Waals surface area contributed by atoms with Crippen molar-refractivity contribution in [3.05, 3.63) is 71.8 Å². The zero-order valence-corrected chi connectivity index (χ0v) is 38.0. The molecule has 0 fully saturated rings. The van der Waals surface area contributed by atoms with Crippen molar-refractivity contribution in [3.8, 4) is 0 Å². The number of benzene rings is 2. The number of thiophene rings is 1. The molecule has 1 heterocycles. The number of para-hydroxylation sites is 2. The van der Waals surface area contributed by atoms with E-state index in [4.69, 9.17) is 19.5 Å². The summed E-state index contributed by atoms with van der Waals surface area (Å²) in [5.74, 6) is -0.00907. The zero-order valence-electron chi connectivity index (χ0n) is 37.2. The summed E-state index contributed by atoms with van der Waals surface area (Å²) in [5.41, 5.74) is 1.92. The van der Waals surface area contributed by atoms with E-state index in [1.54, 1.807) is 13.8 Å². The summed E-state index contributed by atoms with van der Waals surface area (Å²) in [7, 11) is 0. The molecule has 0 aliphatic carbocycles. The van der Waals surface area contributed by atoms with Crippen LogP contribution in [0.2, 0.25) is 0 Å². The van der Waals surface area contributed by atoms with Crippen molar-refractivity contribution >= 4 is 56.6 Å². The Morgan fingerprint density at radius 3 is 1.10 bits per heavy atom. The highest BCUT2D eigenvalue weighted by molar-refractivity contribution is 7.20. The van der Waals surface area contributed by atoms with E-state index in [0.717, 1.165) is 140 Å². The fourth-order valence-corrected chi connectivity index (χ4v) is 7.79. The molecule has 326 valence electrons. The average Bonchev–Trinajstić information content (AvgIpc) is 3.60. The normalized spacial score (nSPS) is 11.7. The van der Waals surface area contributed by atoms with Gasteiger partial charge in [0, 0.05) is 37.6 Å². The number of ether oxygens (including phenoxy) is 2. The molecule has 0 bridgehead atoms. The molecular formula is C48H74N6O4S. The number of nitrogens with one attached hydrogen (secondary N) is 2. The average molecular weight is 831 g/mol. The first kappa shape index (κ1) is 49.0. The van der Waals surface area contributed by atoms with E-state index >= 15 is 0 Å². The minimum absolute atomic E-state index is 0.0785. The lowest BCUT2D eigenvalue weighted by atomic mass is 10.1. The number of rotatable bonds is 28. The first-order valence-corrected chi connectivity index (χ1v) is 23.5. The van der Waals surface area contributed by atoms with Gasteiger partial charge < -0.3 is 29.9 Å². The number of guanidine groups is 2. The molecule has 0 saturated carbocycles. The molecule has 10 nitrogen and oxygen atoms in total. The van der Waals surface area contributed by atoms with Crippen LogP contribution < -0.4 is 10.6 Å². The van der Waals surface area contributed by atoms with Gasteiger partial charge >= 0.3 is 11.9 Å². The number of anilines is 2. The van der Waals surface area contributed by atoms with E-state index < -0.39 is 11.9 Å². The largest absolute Gasteiger partial charge is 0.462 e. The highest BCUT2D eigenvalue weighted by Crippen LogP contribution is 2.43. The second-order valence-corrected chi connectivity index (χ2v) is 16.0. The van der Waals surface area contributed by atoms with Crippen LogP contribution in [-0.2, 0) is 9.47 Å². The number of carbonyl (C=O) groups is 2. The van der Waals surface area contributed by atoms with Crippen LogP contribution in [0.1, 0.15) is 165 Å². The minimum Gasteiger partial charge on any atom is -0.462 e. The summed E-state index contributed by atoms with van der Waals surface area (Å²) < 4.78 is 11.4. The highest BCUT2D eigenvalue weighted by atomic mass is 32.1. The highest BCUT2D eigenvalue weighted by Gasteiger charge is 2.32. The molecule has 0 unspecified atom stereocenters. The van der Waals surface area contributed by atoms with Gasteiger partial charge in [-0.05, 0) is 63.8 Å². The van der Waals surface area contributed by atoms with Crippen LogP contribution in [0, 0.1) is 0 Å². The van der Waals surface area contributed by atoms with Gasteiger partial charge in [-0.1, -0.05) is 152 Å². The number of esters is 2. The van der Waals surface area contributed by atoms with Gasteiger partial charge in [0.1, 0.15) is 21.1 Å². The Balaban J connectivity index is 2.35. The number of unbranched alkanes of at least 4 members (excludes halogenated alkanes) is 12.